The maximum absolute atomic E-state index is 11.3. The van der Waals surface area contributed by atoms with Gasteiger partial charge in [0.15, 0.2) is 35.2 Å². The summed E-state index contributed by atoms with van der Waals surface area (Å²) in [7, 11) is 0. The molecule has 4 N–H and O–H groups in total. The Balaban J connectivity index is 0.000000234. The third-order valence-electron chi connectivity index (χ3n) is 10.3. The molecule has 2 atom stereocenters. The molecule has 0 saturated carbocycles. The Morgan fingerprint density at radius 1 is 0.636 bits per heavy atom. The Kier molecular flexibility index (Phi) is 16.7. The molecule has 8 rings (SSSR count). The van der Waals surface area contributed by atoms with Gasteiger partial charge in [0.1, 0.15) is 19.8 Å². The summed E-state index contributed by atoms with van der Waals surface area (Å²) >= 11 is 0. The number of para-hydroxylation sites is 4. The number of aliphatic hydroxyl groups excluding tert-OH is 1. The molecule has 11 heteroatoms. The number of carbonyl (C=O) groups is 1. The van der Waals surface area contributed by atoms with Crippen molar-refractivity contribution in [2.75, 3.05) is 46.0 Å². The smallest absolute Gasteiger partial charge is 0.245 e. The van der Waals surface area contributed by atoms with Crippen LogP contribution in [0.3, 0.4) is 0 Å². The number of nitrogens with one attached hydrogen (secondary N) is 1. The van der Waals surface area contributed by atoms with Gasteiger partial charge in [-0.05, 0) is 85.3 Å². The average molecular weight is 775 g/mol. The van der Waals surface area contributed by atoms with Gasteiger partial charge in [-0.15, -0.1) is 12.4 Å². The van der Waals surface area contributed by atoms with E-state index in [2.05, 4.69) is 63.6 Å². The number of rotatable bonds is 8. The van der Waals surface area contributed by atoms with Crippen LogP contribution in [0.1, 0.15) is 75.0 Å². The minimum atomic E-state index is -0.437. The van der Waals surface area contributed by atoms with Gasteiger partial charge in [-0.1, -0.05) is 87.6 Å². The van der Waals surface area contributed by atoms with Gasteiger partial charge in [0.2, 0.25) is 5.91 Å². The van der Waals surface area contributed by atoms with Gasteiger partial charge < -0.3 is 35.1 Å². The van der Waals surface area contributed by atoms with Crippen molar-refractivity contribution in [3.05, 3.63) is 119 Å². The number of benzene rings is 4. The van der Waals surface area contributed by atoms with E-state index in [-0.39, 0.29) is 51.4 Å². The van der Waals surface area contributed by atoms with E-state index in [4.69, 9.17) is 29.8 Å². The summed E-state index contributed by atoms with van der Waals surface area (Å²) in [5.41, 5.74) is 10.9. The number of piperidine rings is 2. The second-order valence-electron chi connectivity index (χ2n) is 14.1. The van der Waals surface area contributed by atoms with E-state index in [9.17, 15) is 4.79 Å². The van der Waals surface area contributed by atoms with Crippen molar-refractivity contribution in [2.24, 2.45) is 5.73 Å². The molecule has 0 aliphatic carbocycles. The van der Waals surface area contributed by atoms with Crippen molar-refractivity contribution < 1.29 is 28.8 Å². The Bertz CT molecular complexity index is 1740. The van der Waals surface area contributed by atoms with E-state index in [0.717, 1.165) is 99.1 Å². The van der Waals surface area contributed by atoms with Gasteiger partial charge >= 0.3 is 0 Å². The summed E-state index contributed by atoms with van der Waals surface area (Å²) in [6.07, 6.45) is 3.90. The molecule has 0 aromatic heterocycles. The number of aliphatic hydroxyl groups is 1. The molecule has 0 bridgehead atoms. The summed E-state index contributed by atoms with van der Waals surface area (Å²) < 4.78 is 23.8. The first-order valence-corrected chi connectivity index (χ1v) is 18.5. The highest BCUT2D eigenvalue weighted by atomic mass is 35.5. The fourth-order valence-electron chi connectivity index (χ4n) is 7.18. The molecule has 0 unspecified atom stereocenters. The van der Waals surface area contributed by atoms with Crippen LogP contribution in [0.2, 0.25) is 0 Å². The molecule has 0 radical (unpaired) electrons. The number of hydrogen-bond acceptors (Lipinski definition) is 9. The van der Waals surface area contributed by atoms with Crippen molar-refractivity contribution >= 4 is 18.3 Å². The molecule has 1 amide bonds. The third-order valence-corrected chi connectivity index (χ3v) is 10.3. The lowest BCUT2D eigenvalue weighted by Crippen LogP contribution is -2.45. The van der Waals surface area contributed by atoms with Gasteiger partial charge in [-0.2, -0.15) is 0 Å². The fourth-order valence-corrected chi connectivity index (χ4v) is 7.18. The molecule has 2 saturated heterocycles. The number of nitrogens with two attached hydrogens (primary N) is 1. The highest BCUT2D eigenvalue weighted by Crippen LogP contribution is 2.37. The van der Waals surface area contributed by atoms with Gasteiger partial charge in [-0.3, -0.25) is 14.6 Å². The van der Waals surface area contributed by atoms with Crippen LogP contribution in [0.5, 0.6) is 23.0 Å². The maximum atomic E-state index is 11.3. The summed E-state index contributed by atoms with van der Waals surface area (Å²) in [6, 6.07) is 33.4. The largest absolute Gasteiger partial charge is 0.485 e. The molecule has 10 nitrogen and oxygen atoms in total. The van der Waals surface area contributed by atoms with E-state index in [1.165, 1.54) is 11.1 Å². The van der Waals surface area contributed by atoms with Crippen molar-refractivity contribution in [1.82, 2.24) is 15.1 Å². The van der Waals surface area contributed by atoms with Crippen LogP contribution in [0.4, 0.5) is 0 Å². The van der Waals surface area contributed by atoms with Crippen molar-refractivity contribution in [3.63, 3.8) is 0 Å². The van der Waals surface area contributed by atoms with Crippen molar-refractivity contribution in [1.29, 1.82) is 0 Å². The topological polar surface area (TPSA) is 119 Å². The second-order valence-corrected chi connectivity index (χ2v) is 14.1. The SMILES string of the molecule is C.C.Cl.NC1CCN(Cc2ccc([C@H]3COc4ccccc4O3)cc2)CC1.O=C(CO)NC1CCN(Cc2ccc([C@H]3COc4ccccc4O3)cc2)CC1. The first-order chi connectivity index (χ1) is 25.5. The lowest BCUT2D eigenvalue weighted by molar-refractivity contribution is -0.124. The molecule has 4 aliphatic heterocycles. The molecule has 4 heterocycles. The summed E-state index contributed by atoms with van der Waals surface area (Å²) in [5, 5.41) is 11.7. The summed E-state index contributed by atoms with van der Waals surface area (Å²) in [4.78, 5) is 16.2. The molecule has 2 fully saturated rings. The molecule has 4 aliphatic rings. The fraction of sp³-hybridized carbons (Fsp3) is 0.432. The highest BCUT2D eigenvalue weighted by Gasteiger charge is 2.25. The normalized spacial score (nSPS) is 19.6. The Morgan fingerprint density at radius 2 is 1.04 bits per heavy atom. The Morgan fingerprint density at radius 3 is 1.45 bits per heavy atom. The third kappa shape index (κ3) is 11.8. The van der Waals surface area contributed by atoms with E-state index >= 15 is 0 Å². The van der Waals surface area contributed by atoms with Crippen LogP contribution < -0.4 is 30.0 Å². The van der Waals surface area contributed by atoms with Crippen LogP contribution in [0.15, 0.2) is 97.1 Å². The van der Waals surface area contributed by atoms with Crippen LogP contribution in [-0.4, -0.2) is 78.9 Å². The monoisotopic (exact) mass is 774 g/mol. The molecule has 4 aromatic carbocycles. The molecule has 4 aromatic rings. The lowest BCUT2D eigenvalue weighted by atomic mass is 10.0. The number of fused-ring (bicyclic) bond motifs is 2. The molecular formula is C44H59ClN4O6. The van der Waals surface area contributed by atoms with Gasteiger partial charge in [0.05, 0.1) is 0 Å². The standard InChI is InChI=1S/C22H26N2O4.C20H24N2O2.2CH4.ClH/c25-14-22(26)23-18-9-11-24(12-10-18)13-16-5-7-17(8-6-16)21-15-27-19-3-1-2-4-20(19)28-21;21-17-9-11-22(12-10-17)13-15-5-7-16(8-6-15)20-14-23-18-3-1-2-4-19(18)24-20;;;/h1-8,18,21,25H,9-15H2,(H,23,26);1-8,17,20H,9-14,21H2;2*1H4;1H/t21-;20-;;;/m11.../s1. The molecular weight excluding hydrogens is 716 g/mol. The maximum Gasteiger partial charge on any atom is 0.245 e. The number of ether oxygens (including phenoxy) is 4. The Hall–Kier alpha value is -4.32. The number of hydrogen-bond donors (Lipinski definition) is 3. The predicted molar refractivity (Wildman–Crippen MR) is 220 cm³/mol. The van der Waals surface area contributed by atoms with E-state index < -0.39 is 6.61 Å². The van der Waals surface area contributed by atoms with Crippen LogP contribution in [0, 0.1) is 0 Å². The first-order valence-electron chi connectivity index (χ1n) is 18.5. The lowest BCUT2D eigenvalue weighted by Gasteiger charge is -2.32. The number of carbonyl (C=O) groups excluding carboxylic acids is 1. The van der Waals surface area contributed by atoms with Crippen molar-refractivity contribution in [2.45, 2.75) is 77.9 Å². The summed E-state index contributed by atoms with van der Waals surface area (Å²) in [5.74, 6) is 2.95. The zero-order valence-corrected chi connectivity index (χ0v) is 30.9. The zero-order chi connectivity index (χ0) is 35.7. The highest BCUT2D eigenvalue weighted by molar-refractivity contribution is 5.85. The number of halogens is 1. The van der Waals surface area contributed by atoms with Crippen LogP contribution in [-0.2, 0) is 17.9 Å². The van der Waals surface area contributed by atoms with Crippen molar-refractivity contribution in [3.8, 4) is 23.0 Å². The van der Waals surface area contributed by atoms with Gasteiger partial charge in [0, 0.05) is 38.3 Å². The minimum Gasteiger partial charge on any atom is -0.485 e. The first kappa shape index (κ1) is 43.4. The van der Waals surface area contributed by atoms with E-state index in [1.807, 2.05) is 48.5 Å². The Labute approximate surface area is 333 Å². The number of likely N-dealkylation sites (tertiary alicyclic amines) is 2. The second kappa shape index (κ2) is 21.1. The number of nitrogens with zero attached hydrogens (tertiary/aromatic N) is 2. The van der Waals surface area contributed by atoms with Gasteiger partial charge in [0.25, 0.3) is 0 Å². The van der Waals surface area contributed by atoms with Crippen LogP contribution >= 0.6 is 12.4 Å². The molecule has 55 heavy (non-hydrogen) atoms. The predicted octanol–water partition coefficient (Wildman–Crippen LogP) is 7.09. The zero-order valence-electron chi connectivity index (χ0n) is 30.1. The molecule has 298 valence electrons. The average Bonchev–Trinajstić information content (AvgIpc) is 3.20. The van der Waals surface area contributed by atoms with E-state index in [1.54, 1.807) is 0 Å². The number of amides is 1. The van der Waals surface area contributed by atoms with Crippen LogP contribution in [0.25, 0.3) is 0 Å². The van der Waals surface area contributed by atoms with E-state index in [0.29, 0.717) is 19.3 Å². The summed E-state index contributed by atoms with van der Waals surface area (Å²) in [6.45, 7) is 6.60. The molecule has 0 spiro atoms. The quantitative estimate of drug-likeness (QED) is 0.173. The van der Waals surface area contributed by atoms with Gasteiger partial charge in [-0.25, -0.2) is 0 Å². The minimum absolute atomic E-state index is 0.